The summed E-state index contributed by atoms with van der Waals surface area (Å²) in [5.41, 5.74) is -0.902. The third-order valence-electron chi connectivity index (χ3n) is 1.58. The van der Waals surface area contributed by atoms with E-state index >= 15 is 0 Å². The molecule has 2 atom stereocenters. The number of halogens is 1. The Kier molecular flexibility index (Phi) is 2.00. The van der Waals surface area contributed by atoms with Crippen molar-refractivity contribution in [1.29, 1.82) is 0 Å². The van der Waals surface area contributed by atoms with Crippen molar-refractivity contribution in [3.8, 4) is 0 Å². The van der Waals surface area contributed by atoms with Gasteiger partial charge in [0.15, 0.2) is 0 Å². The maximum Gasteiger partial charge on any atom is 0.102 e. The fraction of sp³-hybridized carbons (Fsp3) is 1.00. The van der Waals surface area contributed by atoms with Gasteiger partial charge >= 0.3 is 0 Å². The molecule has 2 unspecified atom stereocenters. The van der Waals surface area contributed by atoms with Gasteiger partial charge in [0.25, 0.3) is 0 Å². The summed E-state index contributed by atoms with van der Waals surface area (Å²) in [7, 11) is 0. The van der Waals surface area contributed by atoms with E-state index in [1.807, 2.05) is 3.11 Å². The van der Waals surface area contributed by atoms with Gasteiger partial charge in [0.2, 0.25) is 0 Å². The minimum atomic E-state index is -0.902. The lowest BCUT2D eigenvalue weighted by Gasteiger charge is -2.18. The zero-order valence-corrected chi connectivity index (χ0v) is 7.37. The van der Waals surface area contributed by atoms with E-state index in [4.69, 9.17) is 5.11 Å². The average Bonchev–Trinajstić information content (AvgIpc) is 1.79. The predicted molar refractivity (Wildman–Crippen MR) is 42.2 cm³/mol. The second-order valence-corrected chi connectivity index (χ2v) is 4.04. The van der Waals surface area contributed by atoms with Crippen LogP contribution in [0.15, 0.2) is 0 Å². The molecule has 1 saturated heterocycles. The van der Waals surface area contributed by atoms with Crippen LogP contribution >= 0.6 is 22.9 Å². The fourth-order valence-electron chi connectivity index (χ4n) is 0.902. The fourth-order valence-corrected chi connectivity index (χ4v) is 1.97. The Morgan fingerprint density at radius 3 is 2.44 bits per heavy atom. The maximum absolute atomic E-state index is 9.34. The highest BCUT2D eigenvalue weighted by Crippen LogP contribution is 2.23. The second-order valence-electron chi connectivity index (χ2n) is 2.68. The van der Waals surface area contributed by atoms with Gasteiger partial charge in [-0.25, -0.2) is 3.11 Å². The molecule has 0 aromatic carbocycles. The number of hydrogen-bond donors (Lipinski definition) is 2. The Labute approximate surface area is 68.2 Å². The van der Waals surface area contributed by atoms with E-state index in [2.05, 4.69) is 22.9 Å². The minimum Gasteiger partial charge on any atom is -0.389 e. The van der Waals surface area contributed by atoms with Crippen molar-refractivity contribution < 1.29 is 10.2 Å². The monoisotopic (exact) mass is 243 g/mol. The summed E-state index contributed by atoms with van der Waals surface area (Å²) < 4.78 is 1.88. The summed E-state index contributed by atoms with van der Waals surface area (Å²) in [6, 6.07) is 0. The van der Waals surface area contributed by atoms with E-state index < -0.39 is 11.7 Å². The van der Waals surface area contributed by atoms with Crippen LogP contribution in [0.3, 0.4) is 0 Å². The zero-order chi connectivity index (χ0) is 7.07. The molecule has 1 aliphatic heterocycles. The van der Waals surface area contributed by atoms with Crippen LogP contribution in [-0.2, 0) is 0 Å². The third kappa shape index (κ3) is 1.54. The van der Waals surface area contributed by atoms with Crippen molar-refractivity contribution in [2.75, 3.05) is 13.1 Å². The van der Waals surface area contributed by atoms with E-state index in [0.29, 0.717) is 13.1 Å². The predicted octanol–water partition coefficient (Wildman–Crippen LogP) is -0.236. The number of rotatable bonds is 0. The Morgan fingerprint density at radius 2 is 2.33 bits per heavy atom. The number of aliphatic hydroxyl groups excluding tert-OH is 1. The quantitative estimate of drug-likeness (QED) is 0.456. The molecular weight excluding hydrogens is 233 g/mol. The molecule has 1 aliphatic rings. The topological polar surface area (TPSA) is 43.7 Å². The molecule has 1 rings (SSSR count). The van der Waals surface area contributed by atoms with Gasteiger partial charge < -0.3 is 10.2 Å². The first-order valence-corrected chi connectivity index (χ1v) is 3.80. The van der Waals surface area contributed by atoms with Crippen LogP contribution in [0.2, 0.25) is 0 Å². The van der Waals surface area contributed by atoms with Crippen LogP contribution in [0.4, 0.5) is 0 Å². The second kappa shape index (κ2) is 2.34. The van der Waals surface area contributed by atoms with E-state index in [0.717, 1.165) is 0 Å². The average molecular weight is 243 g/mol. The number of nitrogens with zero attached hydrogens (tertiary/aromatic N) is 1. The largest absolute Gasteiger partial charge is 0.389 e. The lowest BCUT2D eigenvalue weighted by molar-refractivity contribution is -0.0249. The summed E-state index contributed by atoms with van der Waals surface area (Å²) in [6.45, 7) is 2.76. The van der Waals surface area contributed by atoms with E-state index in [-0.39, 0.29) is 0 Å². The molecule has 54 valence electrons. The maximum atomic E-state index is 9.34. The van der Waals surface area contributed by atoms with E-state index in [1.165, 1.54) is 0 Å². The summed E-state index contributed by atoms with van der Waals surface area (Å²) in [6.07, 6.45) is -0.589. The van der Waals surface area contributed by atoms with Crippen molar-refractivity contribution >= 4 is 22.9 Å². The van der Waals surface area contributed by atoms with Gasteiger partial charge in [-0.15, -0.1) is 0 Å². The molecule has 0 saturated carbocycles. The van der Waals surface area contributed by atoms with E-state index in [9.17, 15) is 5.11 Å². The van der Waals surface area contributed by atoms with E-state index in [1.54, 1.807) is 6.92 Å². The van der Waals surface area contributed by atoms with Gasteiger partial charge in [0.05, 0.1) is 6.10 Å². The van der Waals surface area contributed by atoms with Gasteiger partial charge in [-0.1, -0.05) is 0 Å². The molecule has 0 aromatic heterocycles. The zero-order valence-electron chi connectivity index (χ0n) is 5.21. The molecule has 4 heteroatoms. The first-order chi connectivity index (χ1) is 4.02. The molecule has 0 bridgehead atoms. The van der Waals surface area contributed by atoms with Crippen LogP contribution in [-0.4, -0.2) is 38.1 Å². The molecule has 0 radical (unpaired) electrons. The van der Waals surface area contributed by atoms with Gasteiger partial charge in [0.1, 0.15) is 5.60 Å². The van der Waals surface area contributed by atoms with Gasteiger partial charge in [0, 0.05) is 36.0 Å². The summed E-state index contributed by atoms with van der Waals surface area (Å²) in [4.78, 5) is 0. The molecule has 9 heavy (non-hydrogen) atoms. The highest BCUT2D eigenvalue weighted by molar-refractivity contribution is 14.1. The highest BCUT2D eigenvalue weighted by atomic mass is 127. The Hall–Kier alpha value is 0.610. The Balaban J connectivity index is 2.58. The van der Waals surface area contributed by atoms with Crippen LogP contribution in [0, 0.1) is 0 Å². The normalized spacial score (nSPS) is 46.0. The number of β-amino-alcohol motifs (C(OH)–C–C–N with tert-alkyl or cyclic N) is 2. The van der Waals surface area contributed by atoms with Gasteiger partial charge in [-0.05, 0) is 6.92 Å². The molecular formula is C5H10INO2. The number of hydrogen-bond acceptors (Lipinski definition) is 3. The van der Waals surface area contributed by atoms with Crippen LogP contribution in [0.25, 0.3) is 0 Å². The molecule has 0 aromatic rings. The first kappa shape index (κ1) is 7.71. The van der Waals surface area contributed by atoms with Gasteiger partial charge in [-0.2, -0.15) is 0 Å². The molecule has 3 nitrogen and oxygen atoms in total. The van der Waals surface area contributed by atoms with Crippen molar-refractivity contribution in [1.82, 2.24) is 3.11 Å². The first-order valence-electron chi connectivity index (χ1n) is 2.83. The molecule has 0 spiro atoms. The smallest absolute Gasteiger partial charge is 0.102 e. The van der Waals surface area contributed by atoms with Crippen LogP contribution < -0.4 is 0 Å². The lowest BCUT2D eigenvalue weighted by Crippen LogP contribution is -2.37. The van der Waals surface area contributed by atoms with Crippen molar-refractivity contribution in [3.63, 3.8) is 0 Å². The van der Waals surface area contributed by atoms with Crippen molar-refractivity contribution in [2.45, 2.75) is 18.6 Å². The summed E-state index contributed by atoms with van der Waals surface area (Å²) >= 11 is 2.09. The lowest BCUT2D eigenvalue weighted by atomic mass is 10.0. The van der Waals surface area contributed by atoms with Gasteiger partial charge in [-0.3, -0.25) is 0 Å². The Bertz CT molecular complexity index is 118. The summed E-state index contributed by atoms with van der Waals surface area (Å²) in [5.74, 6) is 0. The SMILES string of the molecule is CC1(O)CN(I)CC1O. The molecule has 1 fully saturated rings. The molecule has 0 aliphatic carbocycles. The van der Waals surface area contributed by atoms with Crippen LogP contribution in [0.1, 0.15) is 6.92 Å². The van der Waals surface area contributed by atoms with Crippen molar-refractivity contribution in [3.05, 3.63) is 0 Å². The van der Waals surface area contributed by atoms with Crippen LogP contribution in [0.5, 0.6) is 0 Å². The molecule has 2 N–H and O–H groups in total. The molecule has 0 amide bonds. The Morgan fingerprint density at radius 1 is 1.78 bits per heavy atom. The van der Waals surface area contributed by atoms with Crippen molar-refractivity contribution in [2.24, 2.45) is 0 Å². The standard InChI is InChI=1S/C5H10INO2/c1-5(9)3-7(6)2-4(5)8/h4,8-9H,2-3H2,1H3. The minimum absolute atomic E-state index is 0.550. The molecule has 1 heterocycles. The highest BCUT2D eigenvalue weighted by Gasteiger charge is 2.39. The number of aliphatic hydroxyl groups is 2. The summed E-state index contributed by atoms with van der Waals surface area (Å²) in [5, 5.41) is 18.5. The third-order valence-corrected chi connectivity index (χ3v) is 2.32.